The molecule has 0 spiro atoms. The molecule has 2 aromatic rings. The average Bonchev–Trinajstić information content (AvgIpc) is 2.65. The van der Waals surface area contributed by atoms with Crippen molar-refractivity contribution in [1.82, 2.24) is 5.32 Å². The Kier molecular flexibility index (Phi) is 6.59. The topological polar surface area (TPSA) is 87.7 Å². The van der Waals surface area contributed by atoms with E-state index in [2.05, 4.69) is 26.6 Å². The maximum absolute atomic E-state index is 12.8. The number of fused-ring (bicyclic) bond motifs is 9. The number of carbonyl (C=O) groups is 2. The number of nitrogens with one attached hydrogen (secondary N) is 2. The minimum atomic E-state index is -1.13. The monoisotopic (exact) mass is 464 g/mol. The first-order valence-electron chi connectivity index (χ1n) is 8.57. The number of carboxylic acid groups (broad SMARTS) is 1. The molecule has 1 atom stereocenters. The summed E-state index contributed by atoms with van der Waals surface area (Å²) < 4.78 is 6.35. The largest absolute Gasteiger partial charge is 0.488 e. The van der Waals surface area contributed by atoms with E-state index in [-0.39, 0.29) is 6.42 Å². The highest BCUT2D eigenvalue weighted by Crippen LogP contribution is 2.26. The zero-order valence-electron chi connectivity index (χ0n) is 14.7. The van der Waals surface area contributed by atoms with Crippen LogP contribution in [0.15, 0.2) is 53.0 Å². The SMILES string of the molecule is O=C1N[C@H](C(=O)O)Cc2ccc(c(Cl)c2)OC/C=C/CNc2ccc(Br)cc21. The highest BCUT2D eigenvalue weighted by atomic mass is 79.9. The molecule has 2 heterocycles. The zero-order chi connectivity index (χ0) is 20.1. The van der Waals surface area contributed by atoms with E-state index in [1.807, 2.05) is 18.2 Å². The molecule has 28 heavy (non-hydrogen) atoms. The average molecular weight is 466 g/mol. The van der Waals surface area contributed by atoms with Crippen LogP contribution in [-0.4, -0.2) is 36.2 Å². The number of carbonyl (C=O) groups excluding carboxylic acids is 1. The fourth-order valence-corrected chi connectivity index (χ4v) is 3.40. The Labute approximate surface area is 175 Å². The van der Waals surface area contributed by atoms with E-state index < -0.39 is 17.9 Å². The molecule has 0 aromatic heterocycles. The van der Waals surface area contributed by atoms with Crippen LogP contribution in [0.2, 0.25) is 5.02 Å². The van der Waals surface area contributed by atoms with Crippen molar-refractivity contribution >= 4 is 45.1 Å². The summed E-state index contributed by atoms with van der Waals surface area (Å²) >= 11 is 9.58. The lowest BCUT2D eigenvalue weighted by molar-refractivity contribution is -0.139. The van der Waals surface area contributed by atoms with Gasteiger partial charge >= 0.3 is 5.97 Å². The second kappa shape index (κ2) is 9.12. The Balaban J connectivity index is 1.96. The van der Waals surface area contributed by atoms with Crippen molar-refractivity contribution in [1.29, 1.82) is 0 Å². The van der Waals surface area contributed by atoms with Crippen LogP contribution in [0.1, 0.15) is 15.9 Å². The van der Waals surface area contributed by atoms with E-state index in [0.717, 1.165) is 4.47 Å². The highest BCUT2D eigenvalue weighted by molar-refractivity contribution is 9.10. The molecule has 0 saturated heterocycles. The number of ether oxygens (including phenoxy) is 1. The minimum Gasteiger partial charge on any atom is -0.488 e. The summed E-state index contributed by atoms with van der Waals surface area (Å²) in [5, 5.41) is 15.7. The fourth-order valence-electron chi connectivity index (χ4n) is 2.78. The number of amides is 1. The van der Waals surface area contributed by atoms with Crippen LogP contribution in [0.25, 0.3) is 0 Å². The van der Waals surface area contributed by atoms with Crippen molar-refractivity contribution in [2.75, 3.05) is 18.5 Å². The molecule has 4 rings (SSSR count). The second-order valence-corrected chi connectivity index (χ2v) is 7.51. The third-order valence-electron chi connectivity index (χ3n) is 4.18. The molecule has 2 aliphatic heterocycles. The molecule has 0 fully saturated rings. The summed E-state index contributed by atoms with van der Waals surface area (Å²) in [7, 11) is 0. The first-order valence-corrected chi connectivity index (χ1v) is 9.74. The number of rotatable bonds is 1. The highest BCUT2D eigenvalue weighted by Gasteiger charge is 2.23. The van der Waals surface area contributed by atoms with E-state index in [4.69, 9.17) is 16.3 Å². The first-order chi connectivity index (χ1) is 13.4. The van der Waals surface area contributed by atoms with Crippen LogP contribution in [-0.2, 0) is 11.2 Å². The zero-order valence-corrected chi connectivity index (χ0v) is 17.1. The number of anilines is 1. The molecule has 2 bridgehead atoms. The van der Waals surface area contributed by atoms with E-state index in [9.17, 15) is 14.7 Å². The second-order valence-electron chi connectivity index (χ2n) is 6.19. The lowest BCUT2D eigenvalue weighted by atomic mass is 10.0. The van der Waals surface area contributed by atoms with Gasteiger partial charge in [-0.05, 0) is 42.0 Å². The van der Waals surface area contributed by atoms with Gasteiger partial charge in [-0.15, -0.1) is 0 Å². The van der Waals surface area contributed by atoms with Crippen LogP contribution in [0.4, 0.5) is 5.69 Å². The van der Waals surface area contributed by atoms with Gasteiger partial charge in [-0.3, -0.25) is 4.79 Å². The van der Waals surface area contributed by atoms with Gasteiger partial charge in [0, 0.05) is 23.1 Å². The number of carboxylic acids is 1. The Morgan fingerprint density at radius 3 is 2.79 bits per heavy atom. The lowest BCUT2D eigenvalue weighted by Gasteiger charge is -2.18. The predicted octanol–water partition coefficient (Wildman–Crippen LogP) is 3.89. The summed E-state index contributed by atoms with van der Waals surface area (Å²) in [5.74, 6) is -1.09. The third-order valence-corrected chi connectivity index (χ3v) is 4.97. The van der Waals surface area contributed by atoms with Crippen molar-refractivity contribution in [2.24, 2.45) is 0 Å². The van der Waals surface area contributed by atoms with Crippen LogP contribution in [0, 0.1) is 0 Å². The molecule has 8 heteroatoms. The van der Waals surface area contributed by atoms with Gasteiger partial charge in [0.25, 0.3) is 5.91 Å². The molecule has 146 valence electrons. The van der Waals surface area contributed by atoms with Gasteiger partial charge in [0.05, 0.1) is 10.6 Å². The molecular weight excluding hydrogens is 448 g/mol. The van der Waals surface area contributed by atoms with Crippen LogP contribution in [0.5, 0.6) is 5.75 Å². The maximum atomic E-state index is 12.8. The number of benzene rings is 2. The molecular formula is C20H18BrClN2O4. The lowest BCUT2D eigenvalue weighted by Crippen LogP contribution is -2.42. The molecule has 6 nitrogen and oxygen atoms in total. The number of hydrogen-bond donors (Lipinski definition) is 3. The standard InChI is InChI=1S/C20H18BrClN2O4/c21-13-4-5-16-14(11-13)19(25)24-17(20(26)27)10-12-3-6-18(15(22)9-12)28-8-2-1-7-23-16/h1-6,9,11,17,23H,7-8,10H2,(H,24,25)(H,26,27)/b2-1+/t17-/m0/s1. The number of hydrogen-bond acceptors (Lipinski definition) is 4. The molecule has 3 N–H and O–H groups in total. The summed E-state index contributed by atoms with van der Waals surface area (Å²) in [6.07, 6.45) is 3.82. The molecule has 0 aliphatic carbocycles. The van der Waals surface area contributed by atoms with Crippen molar-refractivity contribution < 1.29 is 19.4 Å². The van der Waals surface area contributed by atoms with Crippen LogP contribution < -0.4 is 15.4 Å². The van der Waals surface area contributed by atoms with E-state index in [1.165, 1.54) is 0 Å². The van der Waals surface area contributed by atoms with Crippen molar-refractivity contribution in [3.05, 3.63) is 69.2 Å². The van der Waals surface area contributed by atoms with Crippen molar-refractivity contribution in [3.8, 4) is 5.75 Å². The predicted molar refractivity (Wildman–Crippen MR) is 111 cm³/mol. The smallest absolute Gasteiger partial charge is 0.326 e. The molecule has 1 amide bonds. The van der Waals surface area contributed by atoms with Gasteiger partial charge in [0.1, 0.15) is 18.4 Å². The number of halogens is 2. The minimum absolute atomic E-state index is 0.0950. The summed E-state index contributed by atoms with van der Waals surface area (Å²) in [6, 6.07) is 9.21. The summed E-state index contributed by atoms with van der Waals surface area (Å²) in [5.41, 5.74) is 1.64. The van der Waals surface area contributed by atoms with Crippen LogP contribution >= 0.6 is 27.5 Å². The summed E-state index contributed by atoms with van der Waals surface area (Å²) in [6.45, 7) is 0.812. The number of aliphatic carboxylic acids is 1. The fraction of sp³-hybridized carbons (Fsp3) is 0.200. The molecule has 2 aromatic carbocycles. The van der Waals surface area contributed by atoms with Gasteiger partial charge < -0.3 is 20.5 Å². The Hall–Kier alpha value is -2.51. The van der Waals surface area contributed by atoms with Gasteiger partial charge in [-0.25, -0.2) is 4.79 Å². The Morgan fingerprint density at radius 1 is 1.21 bits per heavy atom. The normalized spacial score (nSPS) is 18.4. The van der Waals surface area contributed by atoms with Crippen molar-refractivity contribution in [2.45, 2.75) is 12.5 Å². The molecule has 0 saturated carbocycles. The van der Waals surface area contributed by atoms with E-state index in [0.29, 0.717) is 40.7 Å². The molecule has 0 unspecified atom stereocenters. The quantitative estimate of drug-likeness (QED) is 0.556. The van der Waals surface area contributed by atoms with E-state index >= 15 is 0 Å². The molecule has 0 radical (unpaired) electrons. The first kappa shape index (κ1) is 20.2. The summed E-state index contributed by atoms with van der Waals surface area (Å²) in [4.78, 5) is 24.5. The van der Waals surface area contributed by atoms with Gasteiger partial charge in [0.15, 0.2) is 0 Å². The van der Waals surface area contributed by atoms with Gasteiger partial charge in [-0.2, -0.15) is 0 Å². The van der Waals surface area contributed by atoms with Crippen molar-refractivity contribution in [3.63, 3.8) is 0 Å². The Bertz CT molecular complexity index is 932. The maximum Gasteiger partial charge on any atom is 0.326 e. The van der Waals surface area contributed by atoms with E-state index in [1.54, 1.807) is 30.3 Å². The van der Waals surface area contributed by atoms with Gasteiger partial charge in [0.2, 0.25) is 0 Å². The molecule has 2 aliphatic rings. The third kappa shape index (κ3) is 5.05. The Morgan fingerprint density at radius 2 is 2.04 bits per heavy atom. The van der Waals surface area contributed by atoms with Gasteiger partial charge in [-0.1, -0.05) is 39.7 Å². The van der Waals surface area contributed by atoms with Crippen LogP contribution in [0.3, 0.4) is 0 Å².